The van der Waals surface area contributed by atoms with Crippen molar-refractivity contribution in [1.29, 1.82) is 0 Å². The van der Waals surface area contributed by atoms with Crippen LogP contribution in [0.1, 0.15) is 12.5 Å². The molecular formula is C9H9N3O. The van der Waals surface area contributed by atoms with E-state index in [1.54, 1.807) is 24.3 Å². The molecule has 0 radical (unpaired) electrons. The molecule has 0 saturated carbocycles. The van der Waals surface area contributed by atoms with E-state index in [0.717, 1.165) is 11.3 Å². The SMILES string of the molecule is CC(=O)Nc1ccc(C=[N+]=[N-])cc1. The Labute approximate surface area is 75.8 Å². The van der Waals surface area contributed by atoms with Crippen molar-refractivity contribution in [2.24, 2.45) is 0 Å². The molecule has 0 aromatic heterocycles. The van der Waals surface area contributed by atoms with Gasteiger partial charge in [-0.3, -0.25) is 4.79 Å². The number of nitrogens with zero attached hydrogens (tertiary/aromatic N) is 2. The van der Waals surface area contributed by atoms with Crippen LogP contribution < -0.4 is 5.32 Å². The molecule has 66 valence electrons. The maximum atomic E-state index is 10.6. The molecule has 1 aromatic rings. The molecule has 0 spiro atoms. The summed E-state index contributed by atoms with van der Waals surface area (Å²) in [6, 6.07) is 6.95. The molecular weight excluding hydrogens is 166 g/mol. The number of carbonyl (C=O) groups excluding carboxylic acids is 1. The van der Waals surface area contributed by atoms with Gasteiger partial charge < -0.3 is 10.8 Å². The first-order valence-electron chi connectivity index (χ1n) is 3.77. The smallest absolute Gasteiger partial charge is 0.287 e. The molecule has 1 rings (SSSR count). The van der Waals surface area contributed by atoms with Crippen LogP contribution >= 0.6 is 0 Å². The van der Waals surface area contributed by atoms with Crippen LogP contribution in [0.4, 0.5) is 5.69 Å². The molecule has 0 fully saturated rings. The van der Waals surface area contributed by atoms with Crippen molar-refractivity contribution in [3.63, 3.8) is 0 Å². The highest BCUT2D eigenvalue weighted by Gasteiger charge is 1.95. The molecule has 1 N–H and O–H groups in total. The topological polar surface area (TPSA) is 65.5 Å². The van der Waals surface area contributed by atoms with E-state index in [1.807, 2.05) is 0 Å². The number of nitrogens with one attached hydrogen (secondary N) is 1. The Bertz CT molecular complexity index is 350. The highest BCUT2D eigenvalue weighted by Crippen LogP contribution is 2.07. The van der Waals surface area contributed by atoms with Crippen molar-refractivity contribution in [1.82, 2.24) is 0 Å². The molecule has 13 heavy (non-hydrogen) atoms. The van der Waals surface area contributed by atoms with Gasteiger partial charge in [-0.15, -0.1) is 0 Å². The van der Waals surface area contributed by atoms with Crippen molar-refractivity contribution >= 4 is 17.8 Å². The molecule has 0 unspecified atom stereocenters. The Hall–Kier alpha value is -1.93. The lowest BCUT2D eigenvalue weighted by Crippen LogP contribution is -2.05. The van der Waals surface area contributed by atoms with E-state index in [2.05, 4.69) is 10.1 Å². The molecule has 0 aliphatic carbocycles. The second-order valence-corrected chi connectivity index (χ2v) is 2.55. The quantitative estimate of drug-likeness (QED) is 0.411. The average molecular weight is 175 g/mol. The minimum absolute atomic E-state index is 0.108. The van der Waals surface area contributed by atoms with E-state index in [0.29, 0.717) is 0 Å². The van der Waals surface area contributed by atoms with Crippen LogP contribution in [0.5, 0.6) is 0 Å². The van der Waals surface area contributed by atoms with Gasteiger partial charge in [0.05, 0.1) is 5.56 Å². The van der Waals surface area contributed by atoms with E-state index >= 15 is 0 Å². The van der Waals surface area contributed by atoms with Gasteiger partial charge in [0, 0.05) is 12.6 Å². The zero-order valence-corrected chi connectivity index (χ0v) is 7.19. The number of amides is 1. The summed E-state index contributed by atoms with van der Waals surface area (Å²) < 4.78 is 0. The second-order valence-electron chi connectivity index (χ2n) is 2.55. The number of anilines is 1. The molecule has 1 aromatic carbocycles. The van der Waals surface area contributed by atoms with E-state index in [1.165, 1.54) is 13.1 Å². The first-order chi connectivity index (χ1) is 6.22. The summed E-state index contributed by atoms with van der Waals surface area (Å²) in [6.45, 7) is 1.45. The Kier molecular flexibility index (Phi) is 2.95. The maximum Gasteiger partial charge on any atom is 0.287 e. The third-order valence-corrected chi connectivity index (χ3v) is 1.44. The molecule has 0 saturated heterocycles. The number of hydrogen-bond donors (Lipinski definition) is 1. The van der Waals surface area contributed by atoms with E-state index in [4.69, 9.17) is 5.53 Å². The minimum atomic E-state index is -0.108. The Morgan fingerprint density at radius 2 is 2.08 bits per heavy atom. The molecule has 0 aliphatic rings. The van der Waals surface area contributed by atoms with Gasteiger partial charge in [0.25, 0.3) is 6.21 Å². The van der Waals surface area contributed by atoms with Gasteiger partial charge in [-0.1, -0.05) is 0 Å². The fraction of sp³-hybridized carbons (Fsp3) is 0.111. The van der Waals surface area contributed by atoms with Crippen molar-refractivity contribution < 1.29 is 9.58 Å². The molecule has 0 aliphatic heterocycles. The summed E-state index contributed by atoms with van der Waals surface area (Å²) in [4.78, 5) is 13.5. The predicted molar refractivity (Wildman–Crippen MR) is 49.5 cm³/mol. The van der Waals surface area contributed by atoms with Crippen LogP contribution in [0.25, 0.3) is 5.53 Å². The summed E-state index contributed by atoms with van der Waals surface area (Å²) in [5, 5.41) is 2.63. The molecule has 1 amide bonds. The molecule has 0 bridgehead atoms. The van der Waals surface area contributed by atoms with Crippen LogP contribution in [0.2, 0.25) is 0 Å². The van der Waals surface area contributed by atoms with Gasteiger partial charge in [0.1, 0.15) is 0 Å². The summed E-state index contributed by atoms with van der Waals surface area (Å²) >= 11 is 0. The fourth-order valence-electron chi connectivity index (χ4n) is 0.922. The van der Waals surface area contributed by atoms with Crippen LogP contribution in [0.15, 0.2) is 24.3 Å². The zero-order chi connectivity index (χ0) is 9.68. The molecule has 0 heterocycles. The highest BCUT2D eigenvalue weighted by molar-refractivity contribution is 5.89. The van der Waals surface area contributed by atoms with E-state index in [9.17, 15) is 4.79 Å². The summed E-state index contributed by atoms with van der Waals surface area (Å²) in [7, 11) is 0. The first kappa shape index (κ1) is 9.16. The van der Waals surface area contributed by atoms with Crippen LogP contribution in [0.3, 0.4) is 0 Å². The highest BCUT2D eigenvalue weighted by atomic mass is 16.1. The normalized spacial score (nSPS) is 8.69. The van der Waals surface area contributed by atoms with Crippen molar-refractivity contribution in [2.75, 3.05) is 5.32 Å². The molecule has 0 atom stereocenters. The van der Waals surface area contributed by atoms with Gasteiger partial charge >= 0.3 is 0 Å². The fourth-order valence-corrected chi connectivity index (χ4v) is 0.922. The summed E-state index contributed by atoms with van der Waals surface area (Å²) in [5.74, 6) is -0.108. The van der Waals surface area contributed by atoms with Gasteiger partial charge in [0.2, 0.25) is 5.91 Å². The van der Waals surface area contributed by atoms with Crippen LogP contribution in [-0.2, 0) is 4.79 Å². The summed E-state index contributed by atoms with van der Waals surface area (Å²) in [5.41, 5.74) is 9.73. The minimum Gasteiger partial charge on any atom is -0.361 e. The van der Waals surface area contributed by atoms with Crippen molar-refractivity contribution in [3.8, 4) is 0 Å². The predicted octanol–water partition coefficient (Wildman–Crippen LogP) is 1.29. The zero-order valence-electron chi connectivity index (χ0n) is 7.19. The van der Waals surface area contributed by atoms with Gasteiger partial charge in [-0.25, -0.2) is 0 Å². The second kappa shape index (κ2) is 4.18. The maximum absolute atomic E-state index is 10.6. The van der Waals surface area contributed by atoms with Crippen molar-refractivity contribution in [3.05, 3.63) is 35.4 Å². The third kappa shape index (κ3) is 2.89. The number of benzene rings is 1. The Morgan fingerprint density at radius 1 is 1.46 bits per heavy atom. The first-order valence-corrected chi connectivity index (χ1v) is 3.77. The number of hydrogen-bond acceptors (Lipinski definition) is 1. The van der Waals surface area contributed by atoms with Gasteiger partial charge in [0.15, 0.2) is 0 Å². The number of carbonyl (C=O) groups is 1. The monoisotopic (exact) mass is 175 g/mol. The summed E-state index contributed by atoms with van der Waals surface area (Å²) in [6.07, 6.45) is 1.32. The Morgan fingerprint density at radius 3 is 2.54 bits per heavy atom. The lowest BCUT2D eigenvalue weighted by Gasteiger charge is -1.99. The Balaban J connectivity index is 2.80. The lowest BCUT2D eigenvalue weighted by atomic mass is 10.2. The van der Waals surface area contributed by atoms with Gasteiger partial charge in [-0.2, -0.15) is 4.79 Å². The standard InChI is InChI=1S/C9H9N3O/c1-7(13)12-9-4-2-8(3-5-9)6-11-10/h2-6H,1H3,(H,12,13). The number of rotatable bonds is 2. The molecule has 4 heteroatoms. The van der Waals surface area contributed by atoms with E-state index < -0.39 is 0 Å². The van der Waals surface area contributed by atoms with Gasteiger partial charge in [-0.05, 0) is 24.3 Å². The molecule has 4 nitrogen and oxygen atoms in total. The average Bonchev–Trinajstić information content (AvgIpc) is 2.08. The lowest BCUT2D eigenvalue weighted by molar-refractivity contribution is -0.114. The largest absolute Gasteiger partial charge is 0.361 e. The third-order valence-electron chi connectivity index (χ3n) is 1.44. The van der Waals surface area contributed by atoms with Crippen LogP contribution in [-0.4, -0.2) is 16.9 Å². The van der Waals surface area contributed by atoms with Crippen molar-refractivity contribution in [2.45, 2.75) is 6.92 Å². The van der Waals surface area contributed by atoms with E-state index in [-0.39, 0.29) is 5.91 Å². The van der Waals surface area contributed by atoms with Crippen LogP contribution in [0, 0.1) is 0 Å².